The molecule has 0 radical (unpaired) electrons. The van der Waals surface area contributed by atoms with Crippen molar-refractivity contribution in [2.75, 3.05) is 20.7 Å². The number of aliphatic imine (C=N–C) groups is 1. The third-order valence-corrected chi connectivity index (χ3v) is 4.22. The SMILES string of the molecule is CN=C(NCC(C)(C)c1ccc(OC)cc1)NC1CC1C. The maximum absolute atomic E-state index is 5.21. The maximum atomic E-state index is 5.21. The highest BCUT2D eigenvalue weighted by atomic mass is 16.5. The molecule has 4 nitrogen and oxygen atoms in total. The van der Waals surface area contributed by atoms with Crippen molar-refractivity contribution in [3.05, 3.63) is 29.8 Å². The molecular formula is C17H27N3O. The lowest BCUT2D eigenvalue weighted by atomic mass is 9.84. The maximum Gasteiger partial charge on any atom is 0.191 e. The molecule has 2 rings (SSSR count). The van der Waals surface area contributed by atoms with Gasteiger partial charge in [-0.05, 0) is 30.0 Å². The number of rotatable bonds is 5. The van der Waals surface area contributed by atoms with Crippen molar-refractivity contribution in [3.63, 3.8) is 0 Å². The molecule has 1 saturated carbocycles. The summed E-state index contributed by atoms with van der Waals surface area (Å²) >= 11 is 0. The molecule has 0 aromatic heterocycles. The third-order valence-electron chi connectivity index (χ3n) is 4.22. The van der Waals surface area contributed by atoms with Gasteiger partial charge in [0, 0.05) is 25.0 Å². The Morgan fingerprint density at radius 3 is 2.43 bits per heavy atom. The number of hydrogen-bond acceptors (Lipinski definition) is 2. The highest BCUT2D eigenvalue weighted by Crippen LogP contribution is 2.29. The molecule has 0 bridgehead atoms. The van der Waals surface area contributed by atoms with Crippen LogP contribution < -0.4 is 15.4 Å². The van der Waals surface area contributed by atoms with Crippen LogP contribution in [0.4, 0.5) is 0 Å². The van der Waals surface area contributed by atoms with Gasteiger partial charge in [-0.15, -0.1) is 0 Å². The fourth-order valence-electron chi connectivity index (χ4n) is 2.34. The zero-order valence-corrected chi connectivity index (χ0v) is 13.7. The minimum atomic E-state index is 0.0268. The van der Waals surface area contributed by atoms with Gasteiger partial charge in [0.2, 0.25) is 0 Å². The molecule has 0 heterocycles. The molecule has 1 aromatic rings. The Morgan fingerprint density at radius 1 is 1.33 bits per heavy atom. The van der Waals surface area contributed by atoms with Crippen molar-refractivity contribution >= 4 is 5.96 Å². The standard InChI is InChI=1S/C17H27N3O/c1-12-10-15(12)20-16(18-4)19-11-17(2,3)13-6-8-14(21-5)9-7-13/h6-9,12,15H,10-11H2,1-5H3,(H2,18,19,20). The number of guanidine groups is 1. The second-order valence-electron chi connectivity index (χ2n) is 6.50. The Bertz CT molecular complexity index is 493. The highest BCUT2D eigenvalue weighted by Gasteiger charge is 2.33. The summed E-state index contributed by atoms with van der Waals surface area (Å²) in [5, 5.41) is 6.89. The first-order valence-electron chi connectivity index (χ1n) is 7.58. The van der Waals surface area contributed by atoms with Crippen LogP contribution in [0.3, 0.4) is 0 Å². The zero-order chi connectivity index (χ0) is 15.5. The number of nitrogens with zero attached hydrogens (tertiary/aromatic N) is 1. The number of ether oxygens (including phenoxy) is 1. The van der Waals surface area contributed by atoms with Gasteiger partial charge in [0.05, 0.1) is 7.11 Å². The summed E-state index contributed by atoms with van der Waals surface area (Å²) in [6.45, 7) is 7.55. The lowest BCUT2D eigenvalue weighted by Crippen LogP contribution is -2.44. The van der Waals surface area contributed by atoms with Crippen LogP contribution in [0.25, 0.3) is 0 Å². The Morgan fingerprint density at radius 2 is 1.95 bits per heavy atom. The van der Waals surface area contributed by atoms with Crippen molar-refractivity contribution in [2.24, 2.45) is 10.9 Å². The first-order chi connectivity index (χ1) is 9.96. The number of benzene rings is 1. The van der Waals surface area contributed by atoms with Crippen LogP contribution in [0.1, 0.15) is 32.8 Å². The molecule has 4 heteroatoms. The van der Waals surface area contributed by atoms with Crippen LogP contribution in [0.15, 0.2) is 29.3 Å². The van der Waals surface area contributed by atoms with Crippen molar-refractivity contribution < 1.29 is 4.74 Å². The van der Waals surface area contributed by atoms with Gasteiger partial charge in [-0.25, -0.2) is 0 Å². The van der Waals surface area contributed by atoms with E-state index in [1.54, 1.807) is 7.11 Å². The molecule has 1 aromatic carbocycles. The average Bonchev–Trinajstić information content (AvgIpc) is 3.18. The molecular weight excluding hydrogens is 262 g/mol. The van der Waals surface area contributed by atoms with Crippen molar-refractivity contribution in [1.29, 1.82) is 0 Å². The Kier molecular flexibility index (Phi) is 4.76. The smallest absolute Gasteiger partial charge is 0.191 e. The van der Waals surface area contributed by atoms with E-state index in [4.69, 9.17) is 4.74 Å². The molecule has 0 amide bonds. The minimum absolute atomic E-state index is 0.0268. The van der Waals surface area contributed by atoms with E-state index >= 15 is 0 Å². The van der Waals surface area contributed by atoms with Crippen LogP contribution in [0.5, 0.6) is 5.75 Å². The Balaban J connectivity index is 1.92. The Hall–Kier alpha value is -1.71. The van der Waals surface area contributed by atoms with Crippen LogP contribution in [-0.4, -0.2) is 32.7 Å². The van der Waals surface area contributed by atoms with Crippen molar-refractivity contribution in [1.82, 2.24) is 10.6 Å². The van der Waals surface area contributed by atoms with Crippen molar-refractivity contribution in [3.8, 4) is 5.75 Å². The van der Waals surface area contributed by atoms with Gasteiger partial charge in [0.1, 0.15) is 5.75 Å². The molecule has 1 fully saturated rings. The summed E-state index contributed by atoms with van der Waals surface area (Å²) in [5.41, 5.74) is 1.31. The number of methoxy groups -OCH3 is 1. The summed E-state index contributed by atoms with van der Waals surface area (Å²) in [6, 6.07) is 8.85. The van der Waals surface area contributed by atoms with Gasteiger partial charge in [-0.2, -0.15) is 0 Å². The average molecular weight is 289 g/mol. The molecule has 0 spiro atoms. The van der Waals surface area contributed by atoms with Gasteiger partial charge < -0.3 is 15.4 Å². The number of nitrogens with one attached hydrogen (secondary N) is 2. The van der Waals surface area contributed by atoms with Crippen LogP contribution in [-0.2, 0) is 5.41 Å². The van der Waals surface area contributed by atoms with E-state index in [9.17, 15) is 0 Å². The van der Waals surface area contributed by atoms with Gasteiger partial charge in [0.15, 0.2) is 5.96 Å². The second kappa shape index (κ2) is 6.37. The van der Waals surface area contributed by atoms with E-state index in [0.29, 0.717) is 6.04 Å². The largest absolute Gasteiger partial charge is 0.497 e. The van der Waals surface area contributed by atoms with Gasteiger partial charge in [-0.3, -0.25) is 4.99 Å². The van der Waals surface area contributed by atoms with Crippen molar-refractivity contribution in [2.45, 2.75) is 38.6 Å². The van der Waals surface area contributed by atoms with E-state index in [2.05, 4.69) is 48.5 Å². The van der Waals surface area contributed by atoms with Gasteiger partial charge in [0.25, 0.3) is 0 Å². The molecule has 2 unspecified atom stereocenters. The fraction of sp³-hybridized carbons (Fsp3) is 0.588. The lowest BCUT2D eigenvalue weighted by molar-refractivity contribution is 0.414. The van der Waals surface area contributed by atoms with Gasteiger partial charge in [-0.1, -0.05) is 32.9 Å². The highest BCUT2D eigenvalue weighted by molar-refractivity contribution is 5.80. The summed E-state index contributed by atoms with van der Waals surface area (Å²) in [4.78, 5) is 4.30. The van der Waals surface area contributed by atoms with E-state index in [0.717, 1.165) is 24.2 Å². The van der Waals surface area contributed by atoms with E-state index in [1.165, 1.54) is 12.0 Å². The summed E-state index contributed by atoms with van der Waals surface area (Å²) in [6.07, 6.45) is 1.24. The third kappa shape index (κ3) is 4.13. The summed E-state index contributed by atoms with van der Waals surface area (Å²) in [5.74, 6) is 2.55. The molecule has 0 aliphatic heterocycles. The molecule has 21 heavy (non-hydrogen) atoms. The predicted molar refractivity (Wildman–Crippen MR) is 88.1 cm³/mol. The minimum Gasteiger partial charge on any atom is -0.497 e. The van der Waals surface area contributed by atoms with Crippen LogP contribution in [0, 0.1) is 5.92 Å². The quantitative estimate of drug-likeness (QED) is 0.647. The fourth-order valence-corrected chi connectivity index (χ4v) is 2.34. The first-order valence-corrected chi connectivity index (χ1v) is 7.58. The molecule has 1 aliphatic rings. The number of hydrogen-bond donors (Lipinski definition) is 2. The molecule has 0 saturated heterocycles. The first kappa shape index (κ1) is 15.7. The van der Waals surface area contributed by atoms with E-state index in [1.807, 2.05) is 19.2 Å². The zero-order valence-electron chi connectivity index (χ0n) is 13.7. The molecule has 1 aliphatic carbocycles. The summed E-state index contributed by atoms with van der Waals surface area (Å²) in [7, 11) is 3.51. The molecule has 116 valence electrons. The monoisotopic (exact) mass is 289 g/mol. The molecule has 2 atom stereocenters. The second-order valence-corrected chi connectivity index (χ2v) is 6.50. The van der Waals surface area contributed by atoms with Gasteiger partial charge >= 0.3 is 0 Å². The van der Waals surface area contributed by atoms with Crippen LogP contribution in [0.2, 0.25) is 0 Å². The predicted octanol–water partition coefficient (Wildman–Crippen LogP) is 2.55. The normalized spacial score (nSPS) is 21.9. The Labute approximate surface area is 128 Å². The molecule has 2 N–H and O–H groups in total. The van der Waals surface area contributed by atoms with Crippen LogP contribution >= 0.6 is 0 Å². The topological polar surface area (TPSA) is 45.7 Å². The lowest BCUT2D eigenvalue weighted by Gasteiger charge is -2.27. The summed E-state index contributed by atoms with van der Waals surface area (Å²) < 4.78 is 5.21. The van der Waals surface area contributed by atoms with E-state index < -0.39 is 0 Å². The van der Waals surface area contributed by atoms with E-state index in [-0.39, 0.29) is 5.41 Å².